The number of hydrogen-bond acceptors (Lipinski definition) is 6. The number of nitrogens with zero attached hydrogens (tertiary/aromatic N) is 1. The maximum Gasteiger partial charge on any atom is 0.325 e. The molecule has 0 atom stereocenters. The zero-order valence-corrected chi connectivity index (χ0v) is 18.0. The fourth-order valence-electron chi connectivity index (χ4n) is 2.36. The summed E-state index contributed by atoms with van der Waals surface area (Å²) in [5.74, 6) is -2.94. The number of anilines is 1. The van der Waals surface area contributed by atoms with Crippen molar-refractivity contribution < 1.29 is 23.5 Å². The maximum absolute atomic E-state index is 13.5. The van der Waals surface area contributed by atoms with Crippen molar-refractivity contribution >= 4 is 57.5 Å². The largest absolute Gasteiger partial charge is 0.454 e. The van der Waals surface area contributed by atoms with Crippen LogP contribution in [-0.4, -0.2) is 35.9 Å². The molecule has 0 saturated heterocycles. The van der Waals surface area contributed by atoms with E-state index in [4.69, 9.17) is 27.9 Å². The lowest BCUT2D eigenvalue weighted by Gasteiger charge is -2.07. The van der Waals surface area contributed by atoms with Crippen LogP contribution in [0.1, 0.15) is 10.4 Å². The van der Waals surface area contributed by atoms with E-state index in [0.717, 1.165) is 11.6 Å². The maximum atomic E-state index is 13.5. The summed E-state index contributed by atoms with van der Waals surface area (Å²) in [6.45, 7) is -1.09. The van der Waals surface area contributed by atoms with Crippen LogP contribution in [0.15, 0.2) is 47.8 Å². The molecule has 0 aliphatic rings. The number of carbonyl (C=O) groups excluding carboxylic acids is 3. The molecule has 1 heterocycles. The van der Waals surface area contributed by atoms with Gasteiger partial charge < -0.3 is 10.1 Å². The summed E-state index contributed by atoms with van der Waals surface area (Å²) in [4.78, 5) is 39.8. The second-order valence-corrected chi connectivity index (χ2v) is 7.71. The molecule has 2 aromatic carbocycles. The first-order valence-electron chi connectivity index (χ1n) is 8.72. The zero-order chi connectivity index (χ0) is 22.4. The van der Waals surface area contributed by atoms with E-state index in [2.05, 4.69) is 15.6 Å². The highest BCUT2D eigenvalue weighted by Gasteiger charge is 2.14. The molecule has 0 spiro atoms. The second kappa shape index (κ2) is 10.3. The van der Waals surface area contributed by atoms with Crippen LogP contribution < -0.4 is 10.6 Å². The van der Waals surface area contributed by atoms with Gasteiger partial charge in [-0.25, -0.2) is 9.37 Å². The number of ether oxygens (including phenoxy) is 1. The van der Waals surface area contributed by atoms with E-state index in [1.165, 1.54) is 29.5 Å². The van der Waals surface area contributed by atoms with E-state index in [9.17, 15) is 18.8 Å². The molecule has 2 N–H and O–H groups in total. The van der Waals surface area contributed by atoms with Crippen molar-refractivity contribution in [3.05, 3.63) is 69.3 Å². The van der Waals surface area contributed by atoms with Crippen LogP contribution in [0.25, 0.3) is 11.3 Å². The van der Waals surface area contributed by atoms with Crippen molar-refractivity contribution in [3.63, 3.8) is 0 Å². The van der Waals surface area contributed by atoms with E-state index in [1.807, 2.05) is 0 Å². The fourth-order valence-corrected chi connectivity index (χ4v) is 3.40. The number of amides is 2. The highest BCUT2D eigenvalue weighted by atomic mass is 35.5. The molecule has 0 saturated carbocycles. The van der Waals surface area contributed by atoms with Gasteiger partial charge in [-0.15, -0.1) is 11.3 Å². The van der Waals surface area contributed by atoms with Crippen molar-refractivity contribution in [1.29, 1.82) is 0 Å². The average molecular weight is 482 g/mol. The number of benzene rings is 2. The predicted octanol–water partition coefficient (Wildman–Crippen LogP) is 4.17. The van der Waals surface area contributed by atoms with Crippen molar-refractivity contribution in [2.75, 3.05) is 18.5 Å². The molecule has 3 aromatic rings. The second-order valence-electron chi connectivity index (χ2n) is 6.04. The Morgan fingerprint density at radius 3 is 2.61 bits per heavy atom. The lowest BCUT2D eigenvalue weighted by Crippen LogP contribution is -2.32. The van der Waals surface area contributed by atoms with Gasteiger partial charge in [-0.1, -0.05) is 41.4 Å². The molecule has 0 unspecified atom stereocenters. The summed E-state index contributed by atoms with van der Waals surface area (Å²) >= 11 is 13.1. The minimum atomic E-state index is -0.851. The number of aromatic nitrogens is 1. The van der Waals surface area contributed by atoms with Gasteiger partial charge in [-0.2, -0.15) is 0 Å². The standard InChI is InChI=1S/C20H14Cl2FN3O4S/c21-13-6-5-11(7-14(13)22)16-10-31-20(25-16)26-17(27)9-30-18(28)8-24-19(29)12-3-1-2-4-15(12)23/h1-7,10H,8-9H2,(H,24,29)(H,25,26,27). The number of esters is 1. The summed E-state index contributed by atoms with van der Waals surface area (Å²) < 4.78 is 18.3. The molecular weight excluding hydrogens is 468 g/mol. The van der Waals surface area contributed by atoms with Gasteiger partial charge >= 0.3 is 5.97 Å². The minimum absolute atomic E-state index is 0.199. The Labute approximate surface area is 190 Å². The normalized spacial score (nSPS) is 10.4. The molecule has 3 rings (SSSR count). The number of halogens is 3. The van der Waals surface area contributed by atoms with Crippen molar-refractivity contribution in [2.24, 2.45) is 0 Å². The van der Waals surface area contributed by atoms with Crippen LogP contribution in [0.2, 0.25) is 10.0 Å². The number of nitrogens with one attached hydrogen (secondary N) is 2. The third kappa shape index (κ3) is 6.24. The van der Waals surface area contributed by atoms with Crippen LogP contribution in [-0.2, 0) is 14.3 Å². The van der Waals surface area contributed by atoms with Gasteiger partial charge in [0.25, 0.3) is 11.8 Å². The SMILES string of the molecule is O=C(COC(=O)CNC(=O)c1ccccc1F)Nc1nc(-c2ccc(Cl)c(Cl)c2)cs1. The van der Waals surface area contributed by atoms with E-state index >= 15 is 0 Å². The van der Waals surface area contributed by atoms with Gasteiger partial charge in [-0.05, 0) is 24.3 Å². The molecule has 160 valence electrons. The van der Waals surface area contributed by atoms with Gasteiger partial charge in [0.2, 0.25) is 0 Å². The van der Waals surface area contributed by atoms with Gasteiger partial charge in [0.15, 0.2) is 11.7 Å². The molecule has 31 heavy (non-hydrogen) atoms. The Morgan fingerprint density at radius 2 is 1.87 bits per heavy atom. The molecule has 7 nitrogen and oxygen atoms in total. The van der Waals surface area contributed by atoms with Crippen LogP contribution in [0.3, 0.4) is 0 Å². The summed E-state index contributed by atoms with van der Waals surface area (Å²) in [5.41, 5.74) is 1.12. The van der Waals surface area contributed by atoms with E-state index in [-0.39, 0.29) is 5.56 Å². The molecule has 0 bridgehead atoms. The molecule has 0 radical (unpaired) electrons. The van der Waals surface area contributed by atoms with Crippen molar-refractivity contribution in [2.45, 2.75) is 0 Å². The quantitative estimate of drug-likeness (QED) is 0.493. The van der Waals surface area contributed by atoms with Gasteiger partial charge in [0.05, 0.1) is 21.3 Å². The minimum Gasteiger partial charge on any atom is -0.454 e. The zero-order valence-electron chi connectivity index (χ0n) is 15.7. The first kappa shape index (κ1) is 22.7. The average Bonchev–Trinajstić information content (AvgIpc) is 3.21. The summed E-state index contributed by atoms with van der Waals surface area (Å²) in [7, 11) is 0. The van der Waals surface area contributed by atoms with Crippen molar-refractivity contribution in [3.8, 4) is 11.3 Å². The van der Waals surface area contributed by atoms with Crippen LogP contribution in [0, 0.1) is 5.82 Å². The predicted molar refractivity (Wildman–Crippen MR) is 116 cm³/mol. The molecule has 0 fully saturated rings. The van der Waals surface area contributed by atoms with E-state index in [0.29, 0.717) is 20.9 Å². The number of carbonyl (C=O) groups is 3. The van der Waals surface area contributed by atoms with E-state index in [1.54, 1.807) is 23.6 Å². The van der Waals surface area contributed by atoms with Crippen LogP contribution in [0.4, 0.5) is 9.52 Å². The molecule has 0 aliphatic carbocycles. The number of thiazole rings is 1. The third-order valence-corrected chi connectivity index (χ3v) is 5.34. The Hall–Kier alpha value is -3.01. The topological polar surface area (TPSA) is 97.4 Å². The lowest BCUT2D eigenvalue weighted by molar-refractivity contribution is -0.146. The number of hydrogen-bond donors (Lipinski definition) is 2. The Morgan fingerprint density at radius 1 is 1.10 bits per heavy atom. The molecular formula is C20H14Cl2FN3O4S. The fraction of sp³-hybridized carbons (Fsp3) is 0.100. The summed E-state index contributed by atoms with van der Waals surface area (Å²) in [5, 5.41) is 7.56. The summed E-state index contributed by atoms with van der Waals surface area (Å²) in [6, 6.07) is 10.4. The van der Waals surface area contributed by atoms with Crippen LogP contribution in [0.5, 0.6) is 0 Å². The number of rotatable bonds is 7. The van der Waals surface area contributed by atoms with E-state index < -0.39 is 36.8 Å². The smallest absolute Gasteiger partial charge is 0.325 e. The molecule has 0 aliphatic heterocycles. The Balaban J connectivity index is 1.45. The third-order valence-electron chi connectivity index (χ3n) is 3.84. The molecule has 11 heteroatoms. The molecule has 1 aromatic heterocycles. The van der Waals surface area contributed by atoms with Gasteiger partial charge in [-0.3, -0.25) is 19.7 Å². The van der Waals surface area contributed by atoms with Gasteiger partial charge in [0, 0.05) is 10.9 Å². The first-order valence-corrected chi connectivity index (χ1v) is 10.4. The van der Waals surface area contributed by atoms with Gasteiger partial charge in [0.1, 0.15) is 12.4 Å². The monoisotopic (exact) mass is 481 g/mol. The highest BCUT2D eigenvalue weighted by Crippen LogP contribution is 2.30. The highest BCUT2D eigenvalue weighted by molar-refractivity contribution is 7.14. The lowest BCUT2D eigenvalue weighted by atomic mass is 10.2. The van der Waals surface area contributed by atoms with Crippen LogP contribution >= 0.6 is 34.5 Å². The summed E-state index contributed by atoms with van der Waals surface area (Å²) in [6.07, 6.45) is 0. The van der Waals surface area contributed by atoms with Crippen molar-refractivity contribution in [1.82, 2.24) is 10.3 Å². The Kier molecular flexibility index (Phi) is 7.56. The first-order chi connectivity index (χ1) is 14.8. The molecule has 2 amide bonds. The Bertz CT molecular complexity index is 1140.